The van der Waals surface area contributed by atoms with Crippen molar-refractivity contribution in [3.8, 4) is 0 Å². The summed E-state index contributed by atoms with van der Waals surface area (Å²) in [6, 6.07) is 8.61. The highest BCUT2D eigenvalue weighted by molar-refractivity contribution is 6.32. The molecule has 3 aliphatic heterocycles. The van der Waals surface area contributed by atoms with Crippen molar-refractivity contribution in [1.82, 2.24) is 5.32 Å². The van der Waals surface area contributed by atoms with Gasteiger partial charge in [-0.1, -0.05) is 17.7 Å². The van der Waals surface area contributed by atoms with Crippen LogP contribution in [-0.4, -0.2) is 42.2 Å². The van der Waals surface area contributed by atoms with Crippen LogP contribution in [0.15, 0.2) is 36.4 Å². The van der Waals surface area contributed by atoms with Gasteiger partial charge >= 0.3 is 5.97 Å². The molecule has 2 aromatic carbocycles. The Bertz CT molecular complexity index is 1360. The van der Waals surface area contributed by atoms with Gasteiger partial charge in [0, 0.05) is 23.0 Å². The van der Waals surface area contributed by atoms with Crippen molar-refractivity contribution in [2.24, 2.45) is 17.6 Å². The van der Waals surface area contributed by atoms with Gasteiger partial charge in [-0.2, -0.15) is 0 Å². The van der Waals surface area contributed by atoms with Crippen LogP contribution in [0.5, 0.6) is 0 Å². The second-order valence-corrected chi connectivity index (χ2v) is 9.80. The number of nitrogens with one attached hydrogen (secondary N) is 2. The molecule has 10 nitrogen and oxygen atoms in total. The molecule has 0 radical (unpaired) electrons. The quantitative estimate of drug-likeness (QED) is 0.386. The minimum atomic E-state index is -1.52. The third-order valence-electron chi connectivity index (χ3n) is 7.42. The topological polar surface area (TPSA) is 148 Å². The van der Waals surface area contributed by atoms with Crippen LogP contribution in [0.2, 0.25) is 5.02 Å². The zero-order chi connectivity index (χ0) is 26.6. The molecule has 5 rings (SSSR count). The largest absolute Gasteiger partial charge is 0.462 e. The second kappa shape index (κ2) is 8.97. The molecular weight excluding hydrogens is 500 g/mol. The van der Waals surface area contributed by atoms with Gasteiger partial charge in [0.15, 0.2) is 0 Å². The highest BCUT2D eigenvalue weighted by Crippen LogP contribution is 2.55. The molecule has 0 aliphatic carbocycles. The van der Waals surface area contributed by atoms with E-state index in [4.69, 9.17) is 22.1 Å². The average Bonchev–Trinajstić information content (AvgIpc) is 3.45. The fraction of sp³-hybridized carbons (Fsp3) is 0.346. The van der Waals surface area contributed by atoms with Gasteiger partial charge in [-0.05, 0) is 56.2 Å². The summed E-state index contributed by atoms with van der Waals surface area (Å²) in [5.41, 5.74) is 6.06. The summed E-state index contributed by atoms with van der Waals surface area (Å²) in [6.45, 7) is 3.66. The lowest BCUT2D eigenvalue weighted by molar-refractivity contribution is -0.130. The third-order valence-corrected chi connectivity index (χ3v) is 7.83. The summed E-state index contributed by atoms with van der Waals surface area (Å²) in [5.74, 6) is -4.57. The lowest BCUT2D eigenvalue weighted by Crippen LogP contribution is -2.53. The number of esters is 1. The van der Waals surface area contributed by atoms with Crippen LogP contribution in [0, 0.1) is 18.8 Å². The summed E-state index contributed by atoms with van der Waals surface area (Å²) in [7, 11) is 0. The number of benzene rings is 2. The van der Waals surface area contributed by atoms with Crippen LogP contribution in [0.25, 0.3) is 0 Å². The lowest BCUT2D eigenvalue weighted by atomic mass is 9.76. The van der Waals surface area contributed by atoms with E-state index in [-0.39, 0.29) is 30.7 Å². The number of primary amides is 1. The minimum Gasteiger partial charge on any atom is -0.462 e. The van der Waals surface area contributed by atoms with Gasteiger partial charge in [-0.15, -0.1) is 0 Å². The summed E-state index contributed by atoms with van der Waals surface area (Å²) in [5, 5.41) is 6.56. The van der Waals surface area contributed by atoms with Crippen LogP contribution < -0.4 is 21.3 Å². The minimum absolute atomic E-state index is 0.0270. The standard InChI is InChI=1S/C26H25ClN4O6/c1-3-37-24(35)13-4-6-14(7-5-13)31-22(33)19-17(10-11-18(28)32)30-26(20(19)23(31)34)15-8-9-16(27)12(2)21(15)29-25(26)36/h4-9,17,19-20,30H,3,10-11H2,1-2H3,(H2,28,32)(H,29,36)/t17-,19+,20-,26+/m0/s1. The van der Waals surface area contributed by atoms with Gasteiger partial charge in [0.05, 0.1) is 35.4 Å². The van der Waals surface area contributed by atoms with Crippen molar-refractivity contribution >= 4 is 52.6 Å². The molecule has 3 heterocycles. The maximum atomic E-state index is 13.9. The number of hydrogen-bond donors (Lipinski definition) is 3. The van der Waals surface area contributed by atoms with Gasteiger partial charge in [0.1, 0.15) is 5.54 Å². The van der Waals surface area contributed by atoms with E-state index in [2.05, 4.69) is 10.6 Å². The van der Waals surface area contributed by atoms with Crippen molar-refractivity contribution in [1.29, 1.82) is 0 Å². The summed E-state index contributed by atoms with van der Waals surface area (Å²) in [6.07, 6.45) is 0.142. The third kappa shape index (κ3) is 3.62. The molecule has 4 atom stereocenters. The van der Waals surface area contributed by atoms with Crippen molar-refractivity contribution in [3.05, 3.63) is 58.1 Å². The van der Waals surface area contributed by atoms with Crippen LogP contribution in [0.4, 0.5) is 11.4 Å². The number of amides is 4. The highest BCUT2D eigenvalue weighted by Gasteiger charge is 2.70. The van der Waals surface area contributed by atoms with E-state index in [1.807, 2.05) is 0 Å². The number of ether oxygens (including phenoxy) is 1. The average molecular weight is 525 g/mol. The zero-order valence-electron chi connectivity index (χ0n) is 20.2. The molecule has 11 heteroatoms. The Balaban J connectivity index is 1.59. The Labute approximate surface area is 217 Å². The number of halogens is 1. The maximum Gasteiger partial charge on any atom is 0.338 e. The predicted molar refractivity (Wildman–Crippen MR) is 134 cm³/mol. The number of fused-ring (bicyclic) bond motifs is 4. The van der Waals surface area contributed by atoms with Gasteiger partial charge in [0.2, 0.25) is 23.6 Å². The summed E-state index contributed by atoms with van der Waals surface area (Å²) >= 11 is 6.28. The van der Waals surface area contributed by atoms with Crippen molar-refractivity contribution in [2.45, 2.75) is 38.3 Å². The molecule has 4 amide bonds. The smallest absolute Gasteiger partial charge is 0.338 e. The van der Waals surface area contributed by atoms with Gasteiger partial charge in [0.25, 0.3) is 0 Å². The molecular formula is C26H25ClN4O6. The number of nitrogens with zero attached hydrogens (tertiary/aromatic N) is 1. The first-order valence-corrected chi connectivity index (χ1v) is 12.3. The molecule has 0 aromatic heterocycles. The van der Waals surface area contributed by atoms with E-state index in [9.17, 15) is 24.0 Å². The molecule has 4 N–H and O–H groups in total. The van der Waals surface area contributed by atoms with Crippen LogP contribution in [-0.2, 0) is 29.5 Å². The zero-order valence-corrected chi connectivity index (χ0v) is 20.9. The Kier molecular flexibility index (Phi) is 6.04. The molecule has 2 fully saturated rings. The van der Waals surface area contributed by atoms with Gasteiger partial charge < -0.3 is 15.8 Å². The molecule has 0 unspecified atom stereocenters. The fourth-order valence-electron chi connectivity index (χ4n) is 5.75. The van der Waals surface area contributed by atoms with E-state index in [0.29, 0.717) is 21.8 Å². The Morgan fingerprint density at radius 1 is 1.11 bits per heavy atom. The number of hydrogen-bond acceptors (Lipinski definition) is 7. The number of nitrogens with two attached hydrogens (primary N) is 1. The van der Waals surface area contributed by atoms with Crippen LogP contribution in [0.1, 0.15) is 41.3 Å². The Hall–Kier alpha value is -3.76. The predicted octanol–water partition coefficient (Wildman–Crippen LogP) is 2.02. The molecule has 2 saturated heterocycles. The monoisotopic (exact) mass is 524 g/mol. The summed E-state index contributed by atoms with van der Waals surface area (Å²) in [4.78, 5) is 66.0. The SMILES string of the molecule is CCOC(=O)c1ccc(N2C(=O)[C@@H]3[C@H](CCC(N)=O)N[C@@]4(C(=O)Nc5c4ccc(Cl)c5C)[C@@H]3C2=O)cc1. The van der Waals surface area contributed by atoms with Gasteiger partial charge in [-0.25, -0.2) is 9.69 Å². The van der Waals surface area contributed by atoms with Crippen molar-refractivity contribution < 1.29 is 28.7 Å². The maximum absolute atomic E-state index is 13.9. The Morgan fingerprint density at radius 3 is 2.46 bits per heavy atom. The second-order valence-electron chi connectivity index (χ2n) is 9.40. The normalized spacial score (nSPS) is 25.9. The first-order chi connectivity index (χ1) is 17.6. The van der Waals surface area contributed by atoms with E-state index >= 15 is 0 Å². The highest BCUT2D eigenvalue weighted by atomic mass is 35.5. The number of anilines is 2. The molecule has 3 aliphatic rings. The first kappa shape index (κ1) is 24.9. The number of imide groups is 1. The molecule has 1 spiro atoms. The lowest BCUT2D eigenvalue weighted by Gasteiger charge is -2.29. The number of rotatable bonds is 6. The van der Waals surface area contributed by atoms with Crippen LogP contribution >= 0.6 is 11.6 Å². The molecule has 0 saturated carbocycles. The number of carbonyl (C=O) groups is 5. The van der Waals surface area contributed by atoms with E-state index in [1.54, 1.807) is 26.0 Å². The van der Waals surface area contributed by atoms with Crippen molar-refractivity contribution in [3.63, 3.8) is 0 Å². The molecule has 2 aromatic rings. The number of carbonyl (C=O) groups excluding carboxylic acids is 5. The Morgan fingerprint density at radius 2 is 1.81 bits per heavy atom. The fourth-order valence-corrected chi connectivity index (χ4v) is 5.91. The molecule has 0 bridgehead atoms. The van der Waals surface area contributed by atoms with Crippen LogP contribution in [0.3, 0.4) is 0 Å². The van der Waals surface area contributed by atoms with Crippen molar-refractivity contribution in [2.75, 3.05) is 16.8 Å². The van der Waals surface area contributed by atoms with E-state index < -0.39 is 53.0 Å². The van der Waals surface area contributed by atoms with E-state index in [0.717, 1.165) is 4.90 Å². The summed E-state index contributed by atoms with van der Waals surface area (Å²) < 4.78 is 5.00. The van der Waals surface area contributed by atoms with E-state index in [1.165, 1.54) is 24.3 Å². The van der Waals surface area contributed by atoms with Gasteiger partial charge in [-0.3, -0.25) is 24.5 Å². The molecule has 192 valence electrons. The first-order valence-electron chi connectivity index (χ1n) is 11.9. The molecule has 37 heavy (non-hydrogen) atoms.